The topological polar surface area (TPSA) is 49.9 Å². The van der Waals surface area contributed by atoms with Crippen LogP contribution in [0.4, 0.5) is 5.69 Å². The molecule has 3 rings (SSSR count). The maximum atomic E-state index is 13.4. The first-order valence-corrected chi connectivity index (χ1v) is 9.64. The van der Waals surface area contributed by atoms with Gasteiger partial charge in [0, 0.05) is 18.5 Å². The number of carbonyl (C=O) groups excluding carboxylic acids is 2. The van der Waals surface area contributed by atoms with Crippen LogP contribution < -0.4 is 9.64 Å². The van der Waals surface area contributed by atoms with E-state index in [0.29, 0.717) is 30.0 Å². The van der Waals surface area contributed by atoms with Crippen LogP contribution in [-0.2, 0) is 10.2 Å². The van der Waals surface area contributed by atoms with E-state index in [2.05, 4.69) is 20.8 Å². The van der Waals surface area contributed by atoms with Crippen molar-refractivity contribution in [2.24, 2.45) is 0 Å². The van der Waals surface area contributed by atoms with Crippen molar-refractivity contribution in [1.29, 1.82) is 0 Å². The number of benzene rings is 2. The zero-order valence-corrected chi connectivity index (χ0v) is 17.1. The Morgan fingerprint density at radius 1 is 1.11 bits per heavy atom. The van der Waals surface area contributed by atoms with E-state index in [0.717, 1.165) is 6.42 Å². The predicted molar refractivity (Wildman–Crippen MR) is 111 cm³/mol. The smallest absolute Gasteiger partial charge is 0.259 e. The molecule has 0 atom stereocenters. The summed E-state index contributed by atoms with van der Waals surface area (Å²) in [7, 11) is 1.58. The minimum Gasteiger partial charge on any atom is -0.495 e. The van der Waals surface area contributed by atoms with Gasteiger partial charge < -0.3 is 9.64 Å². The zero-order chi connectivity index (χ0) is 20.3. The van der Waals surface area contributed by atoms with Gasteiger partial charge in [0.25, 0.3) is 5.91 Å². The van der Waals surface area contributed by atoms with Gasteiger partial charge in [-0.3, -0.25) is 14.5 Å². The van der Waals surface area contributed by atoms with Crippen molar-refractivity contribution in [2.75, 3.05) is 25.2 Å². The quantitative estimate of drug-likeness (QED) is 0.780. The van der Waals surface area contributed by atoms with Crippen LogP contribution in [0.15, 0.2) is 48.5 Å². The lowest BCUT2D eigenvalue weighted by Crippen LogP contribution is -2.42. The van der Waals surface area contributed by atoms with Crippen LogP contribution in [0.3, 0.4) is 0 Å². The second-order valence-electron chi connectivity index (χ2n) is 8.13. The van der Waals surface area contributed by atoms with Crippen molar-refractivity contribution in [3.8, 4) is 5.75 Å². The number of anilines is 1. The maximum Gasteiger partial charge on any atom is 0.259 e. The number of hydrogen-bond donors (Lipinski definition) is 0. The summed E-state index contributed by atoms with van der Waals surface area (Å²) in [6.45, 7) is 7.32. The highest BCUT2D eigenvalue weighted by atomic mass is 16.5. The molecule has 1 aliphatic heterocycles. The Kier molecular flexibility index (Phi) is 5.73. The molecule has 0 bridgehead atoms. The number of amides is 2. The first-order chi connectivity index (χ1) is 13.3. The van der Waals surface area contributed by atoms with Crippen molar-refractivity contribution in [3.63, 3.8) is 0 Å². The Morgan fingerprint density at radius 3 is 2.36 bits per heavy atom. The molecule has 0 radical (unpaired) electrons. The number of methoxy groups -OCH3 is 1. The second-order valence-corrected chi connectivity index (χ2v) is 8.13. The largest absolute Gasteiger partial charge is 0.495 e. The van der Waals surface area contributed by atoms with Gasteiger partial charge in [-0.25, -0.2) is 0 Å². The molecule has 2 aromatic carbocycles. The number of ether oxygens (including phenoxy) is 1. The maximum absolute atomic E-state index is 13.4. The highest BCUT2D eigenvalue weighted by Gasteiger charge is 2.28. The summed E-state index contributed by atoms with van der Waals surface area (Å²) in [6.07, 6.45) is 1.36. The average molecular weight is 380 g/mol. The molecule has 2 aromatic rings. The number of hydrogen-bond acceptors (Lipinski definition) is 3. The first kappa shape index (κ1) is 19.9. The van der Waals surface area contributed by atoms with Gasteiger partial charge in [0.15, 0.2) is 0 Å². The molecule has 2 amide bonds. The van der Waals surface area contributed by atoms with Crippen molar-refractivity contribution < 1.29 is 14.3 Å². The number of rotatable bonds is 5. The van der Waals surface area contributed by atoms with Crippen LogP contribution in [0.1, 0.15) is 49.5 Å². The standard InChI is InChI=1S/C23H28N2O3/c1-23(2,3)18-13-11-17(12-14-18)22(27)25(16-24-15-7-10-21(24)26)19-8-5-6-9-20(19)28-4/h5-6,8-9,11-14H,7,10,15-16H2,1-4H3. The minimum atomic E-state index is -0.148. The SMILES string of the molecule is COc1ccccc1N(CN1CCCC1=O)C(=O)c1ccc(C(C)(C)C)cc1. The number of nitrogens with zero attached hydrogens (tertiary/aromatic N) is 2. The van der Waals surface area contributed by atoms with Gasteiger partial charge in [-0.05, 0) is 41.7 Å². The third-order valence-corrected chi connectivity index (χ3v) is 5.10. The lowest BCUT2D eigenvalue weighted by atomic mass is 9.86. The summed E-state index contributed by atoms with van der Waals surface area (Å²) in [5.41, 5.74) is 2.44. The molecule has 1 aliphatic rings. The fourth-order valence-corrected chi connectivity index (χ4v) is 3.40. The molecular formula is C23H28N2O3. The number of likely N-dealkylation sites (tertiary alicyclic amines) is 1. The lowest BCUT2D eigenvalue weighted by Gasteiger charge is -2.29. The summed E-state index contributed by atoms with van der Waals surface area (Å²) in [4.78, 5) is 28.9. The van der Waals surface area contributed by atoms with Crippen molar-refractivity contribution in [2.45, 2.75) is 39.0 Å². The lowest BCUT2D eigenvalue weighted by molar-refractivity contribution is -0.127. The third-order valence-electron chi connectivity index (χ3n) is 5.10. The van der Waals surface area contributed by atoms with E-state index in [9.17, 15) is 9.59 Å². The third kappa shape index (κ3) is 4.19. The van der Waals surface area contributed by atoms with Gasteiger partial charge in [0.05, 0.1) is 12.8 Å². The monoisotopic (exact) mass is 380 g/mol. The van der Waals surface area contributed by atoms with Gasteiger partial charge in [0.1, 0.15) is 12.4 Å². The Labute approximate surface area is 166 Å². The van der Waals surface area contributed by atoms with Gasteiger partial charge in [0.2, 0.25) is 5.91 Å². The zero-order valence-electron chi connectivity index (χ0n) is 17.1. The molecule has 1 heterocycles. The van der Waals surface area contributed by atoms with Crippen LogP contribution in [0, 0.1) is 0 Å². The summed E-state index contributed by atoms with van der Waals surface area (Å²) >= 11 is 0. The van der Waals surface area contributed by atoms with Crippen molar-refractivity contribution in [3.05, 3.63) is 59.7 Å². The molecule has 0 N–H and O–H groups in total. The van der Waals surface area contributed by atoms with Crippen LogP contribution >= 0.6 is 0 Å². The minimum absolute atomic E-state index is 0.0197. The fourth-order valence-electron chi connectivity index (χ4n) is 3.40. The van der Waals surface area contributed by atoms with E-state index in [1.54, 1.807) is 16.9 Å². The number of para-hydroxylation sites is 2. The van der Waals surface area contributed by atoms with E-state index >= 15 is 0 Å². The fraction of sp³-hybridized carbons (Fsp3) is 0.391. The van der Waals surface area contributed by atoms with Crippen LogP contribution in [0.2, 0.25) is 0 Å². The van der Waals surface area contributed by atoms with Crippen LogP contribution in [0.25, 0.3) is 0 Å². The molecule has 5 heteroatoms. The normalized spacial score (nSPS) is 14.3. The Morgan fingerprint density at radius 2 is 1.79 bits per heavy atom. The van der Waals surface area contributed by atoms with E-state index in [1.807, 2.05) is 48.5 Å². The highest BCUT2D eigenvalue weighted by Crippen LogP contribution is 2.30. The molecule has 1 saturated heterocycles. The van der Waals surface area contributed by atoms with Crippen LogP contribution in [-0.4, -0.2) is 37.0 Å². The van der Waals surface area contributed by atoms with E-state index in [4.69, 9.17) is 4.74 Å². The molecule has 0 aliphatic carbocycles. The van der Waals surface area contributed by atoms with Crippen LogP contribution in [0.5, 0.6) is 5.75 Å². The van der Waals surface area contributed by atoms with E-state index < -0.39 is 0 Å². The molecule has 1 fully saturated rings. The Bertz CT molecular complexity index is 853. The van der Waals surface area contributed by atoms with Crippen molar-refractivity contribution in [1.82, 2.24) is 4.90 Å². The van der Waals surface area contributed by atoms with Gasteiger partial charge >= 0.3 is 0 Å². The molecule has 0 spiro atoms. The second kappa shape index (κ2) is 8.05. The number of carbonyl (C=O) groups is 2. The molecule has 0 unspecified atom stereocenters. The highest BCUT2D eigenvalue weighted by molar-refractivity contribution is 6.07. The van der Waals surface area contributed by atoms with E-state index in [-0.39, 0.29) is 23.9 Å². The molecule has 5 nitrogen and oxygen atoms in total. The summed E-state index contributed by atoms with van der Waals surface area (Å²) < 4.78 is 5.47. The van der Waals surface area contributed by atoms with Gasteiger partial charge in [-0.2, -0.15) is 0 Å². The Hall–Kier alpha value is -2.82. The average Bonchev–Trinajstić information content (AvgIpc) is 3.09. The summed E-state index contributed by atoms with van der Waals surface area (Å²) in [6, 6.07) is 15.1. The predicted octanol–water partition coefficient (Wildman–Crippen LogP) is 4.22. The summed E-state index contributed by atoms with van der Waals surface area (Å²) in [5, 5.41) is 0. The van der Waals surface area contributed by atoms with Gasteiger partial charge in [-0.1, -0.05) is 45.0 Å². The first-order valence-electron chi connectivity index (χ1n) is 9.64. The molecule has 0 saturated carbocycles. The van der Waals surface area contributed by atoms with Gasteiger partial charge in [-0.15, -0.1) is 0 Å². The van der Waals surface area contributed by atoms with E-state index in [1.165, 1.54) is 5.56 Å². The molecular weight excluding hydrogens is 352 g/mol. The molecule has 28 heavy (non-hydrogen) atoms. The molecule has 148 valence electrons. The summed E-state index contributed by atoms with van der Waals surface area (Å²) in [5.74, 6) is 0.536. The Balaban J connectivity index is 1.95. The molecule has 0 aromatic heterocycles. The van der Waals surface area contributed by atoms with Crippen molar-refractivity contribution >= 4 is 17.5 Å².